The molecular weight excluding hydrogens is 278 g/mol. The smallest absolute Gasteiger partial charge is 0.357 e. The quantitative estimate of drug-likeness (QED) is 0.872. The lowest BCUT2D eigenvalue weighted by Crippen LogP contribution is -2.12. The minimum atomic E-state index is -0.562. The van der Waals surface area contributed by atoms with E-state index in [0.29, 0.717) is 11.1 Å². The van der Waals surface area contributed by atoms with Crippen molar-refractivity contribution in [1.82, 2.24) is 4.98 Å². The highest BCUT2D eigenvalue weighted by atomic mass is 32.1. The standard InChI is InChI=1S/C13H9N3O3S/c1-19-12(18)10-7-20-13(15-10)16-11(17)9-4-2-3-8(5-9)6-14/h2-5,7H,1H3,(H,15,16,17). The number of nitrogens with zero attached hydrogens (tertiary/aromatic N) is 2. The summed E-state index contributed by atoms with van der Waals surface area (Å²) in [7, 11) is 1.26. The van der Waals surface area contributed by atoms with Crippen LogP contribution in [0.1, 0.15) is 26.4 Å². The number of carbonyl (C=O) groups excluding carboxylic acids is 2. The first-order valence-electron chi connectivity index (χ1n) is 5.49. The van der Waals surface area contributed by atoms with Gasteiger partial charge in [0.05, 0.1) is 18.7 Å². The Balaban J connectivity index is 2.13. The van der Waals surface area contributed by atoms with Crippen molar-refractivity contribution in [3.63, 3.8) is 0 Å². The van der Waals surface area contributed by atoms with Gasteiger partial charge in [0.15, 0.2) is 10.8 Å². The molecule has 100 valence electrons. The third-order valence-electron chi connectivity index (χ3n) is 2.37. The van der Waals surface area contributed by atoms with Gasteiger partial charge in [0.2, 0.25) is 0 Å². The van der Waals surface area contributed by atoms with E-state index >= 15 is 0 Å². The minimum Gasteiger partial charge on any atom is -0.464 e. The Kier molecular flexibility index (Phi) is 4.08. The van der Waals surface area contributed by atoms with Gasteiger partial charge in [-0.05, 0) is 18.2 Å². The van der Waals surface area contributed by atoms with Crippen molar-refractivity contribution in [3.8, 4) is 6.07 Å². The van der Waals surface area contributed by atoms with E-state index in [1.165, 1.54) is 18.6 Å². The molecule has 0 atom stereocenters. The first-order chi connectivity index (χ1) is 9.63. The second-order valence-electron chi connectivity index (χ2n) is 3.68. The molecule has 6 nitrogen and oxygen atoms in total. The number of carbonyl (C=O) groups is 2. The Morgan fingerprint density at radius 2 is 2.25 bits per heavy atom. The second kappa shape index (κ2) is 5.95. The van der Waals surface area contributed by atoms with Gasteiger partial charge in [-0.2, -0.15) is 5.26 Å². The zero-order valence-corrected chi connectivity index (χ0v) is 11.2. The number of nitrogens with one attached hydrogen (secondary N) is 1. The van der Waals surface area contributed by atoms with E-state index in [1.54, 1.807) is 18.2 Å². The first-order valence-corrected chi connectivity index (χ1v) is 6.37. The van der Waals surface area contributed by atoms with Crippen molar-refractivity contribution in [1.29, 1.82) is 5.26 Å². The number of benzene rings is 1. The molecule has 2 rings (SSSR count). The van der Waals surface area contributed by atoms with E-state index in [2.05, 4.69) is 15.0 Å². The Labute approximate surface area is 118 Å². The number of rotatable bonds is 3. The third-order valence-corrected chi connectivity index (χ3v) is 3.13. The molecule has 20 heavy (non-hydrogen) atoms. The van der Waals surface area contributed by atoms with E-state index < -0.39 is 11.9 Å². The molecule has 0 unspecified atom stereocenters. The molecule has 0 aliphatic heterocycles. The van der Waals surface area contributed by atoms with Crippen molar-refractivity contribution in [2.75, 3.05) is 12.4 Å². The number of anilines is 1. The van der Waals surface area contributed by atoms with Crippen LogP contribution in [0, 0.1) is 11.3 Å². The first kappa shape index (κ1) is 13.7. The van der Waals surface area contributed by atoms with Gasteiger partial charge in [-0.15, -0.1) is 11.3 Å². The Morgan fingerprint density at radius 1 is 1.45 bits per heavy atom. The van der Waals surface area contributed by atoms with Crippen molar-refractivity contribution in [2.45, 2.75) is 0 Å². The van der Waals surface area contributed by atoms with Crippen molar-refractivity contribution < 1.29 is 14.3 Å². The summed E-state index contributed by atoms with van der Waals surface area (Å²) in [6, 6.07) is 8.25. The van der Waals surface area contributed by atoms with Gasteiger partial charge in [0.1, 0.15) is 0 Å². The summed E-state index contributed by atoms with van der Waals surface area (Å²) in [5.74, 6) is -0.957. The van der Waals surface area contributed by atoms with E-state index in [9.17, 15) is 9.59 Å². The van der Waals surface area contributed by atoms with Crippen LogP contribution in [0.4, 0.5) is 5.13 Å². The number of hydrogen-bond donors (Lipinski definition) is 1. The molecule has 0 aliphatic rings. The van der Waals surface area contributed by atoms with Crippen LogP contribution in [0.25, 0.3) is 0 Å². The van der Waals surface area contributed by atoms with E-state index in [4.69, 9.17) is 5.26 Å². The van der Waals surface area contributed by atoms with Crippen LogP contribution < -0.4 is 5.32 Å². The van der Waals surface area contributed by atoms with Gasteiger partial charge < -0.3 is 4.74 Å². The molecule has 0 radical (unpaired) electrons. The fraction of sp³-hybridized carbons (Fsp3) is 0.0769. The highest BCUT2D eigenvalue weighted by Gasteiger charge is 2.13. The van der Waals surface area contributed by atoms with Gasteiger partial charge >= 0.3 is 5.97 Å². The number of esters is 1. The van der Waals surface area contributed by atoms with E-state index in [1.807, 2.05) is 6.07 Å². The maximum absolute atomic E-state index is 12.0. The number of amides is 1. The largest absolute Gasteiger partial charge is 0.464 e. The minimum absolute atomic E-state index is 0.138. The van der Waals surface area contributed by atoms with Crippen LogP contribution in [0.5, 0.6) is 0 Å². The van der Waals surface area contributed by atoms with Crippen molar-refractivity contribution in [3.05, 3.63) is 46.5 Å². The average Bonchev–Trinajstić information content (AvgIpc) is 2.95. The molecular formula is C13H9N3O3S. The van der Waals surface area contributed by atoms with Crippen LogP contribution in [-0.4, -0.2) is 24.0 Å². The number of methoxy groups -OCH3 is 1. The summed E-state index contributed by atoms with van der Waals surface area (Å²) in [6.07, 6.45) is 0. The Morgan fingerprint density at radius 3 is 2.95 bits per heavy atom. The van der Waals surface area contributed by atoms with Gasteiger partial charge in [-0.3, -0.25) is 10.1 Å². The summed E-state index contributed by atoms with van der Waals surface area (Å²) in [5, 5.41) is 13.1. The summed E-state index contributed by atoms with van der Waals surface area (Å²) in [4.78, 5) is 27.1. The van der Waals surface area contributed by atoms with Crippen LogP contribution in [0.15, 0.2) is 29.6 Å². The SMILES string of the molecule is COC(=O)c1csc(NC(=O)c2cccc(C#N)c2)n1. The summed E-state index contributed by atoms with van der Waals surface area (Å²) in [6.45, 7) is 0. The molecule has 0 aliphatic carbocycles. The Bertz CT molecular complexity index is 703. The molecule has 1 aromatic carbocycles. The molecule has 0 saturated heterocycles. The van der Waals surface area contributed by atoms with Gasteiger partial charge in [-0.1, -0.05) is 6.07 Å². The number of aromatic nitrogens is 1. The molecule has 0 saturated carbocycles. The molecule has 0 spiro atoms. The zero-order chi connectivity index (χ0) is 14.5. The number of hydrogen-bond acceptors (Lipinski definition) is 6. The summed E-state index contributed by atoms with van der Waals surface area (Å²) < 4.78 is 4.53. The highest BCUT2D eigenvalue weighted by molar-refractivity contribution is 7.14. The molecule has 7 heteroatoms. The fourth-order valence-corrected chi connectivity index (χ4v) is 2.10. The molecule has 1 amide bonds. The van der Waals surface area contributed by atoms with Gasteiger partial charge in [-0.25, -0.2) is 9.78 Å². The Hall–Kier alpha value is -2.72. The summed E-state index contributed by atoms with van der Waals surface area (Å²) in [5.41, 5.74) is 0.879. The third kappa shape index (κ3) is 2.99. The maximum Gasteiger partial charge on any atom is 0.357 e. The highest BCUT2D eigenvalue weighted by Crippen LogP contribution is 2.17. The lowest BCUT2D eigenvalue weighted by atomic mass is 10.1. The number of ether oxygens (including phenoxy) is 1. The predicted molar refractivity (Wildman–Crippen MR) is 72.6 cm³/mol. The lowest BCUT2D eigenvalue weighted by Gasteiger charge is -2.01. The number of thiazole rings is 1. The molecule has 0 bridgehead atoms. The monoisotopic (exact) mass is 287 g/mol. The van der Waals surface area contributed by atoms with Gasteiger partial charge in [0, 0.05) is 10.9 Å². The predicted octanol–water partition coefficient (Wildman–Crippen LogP) is 2.05. The van der Waals surface area contributed by atoms with E-state index in [0.717, 1.165) is 11.3 Å². The zero-order valence-electron chi connectivity index (χ0n) is 10.4. The molecule has 1 N–H and O–H groups in total. The molecule has 0 fully saturated rings. The van der Waals surface area contributed by atoms with Crippen molar-refractivity contribution >= 4 is 28.3 Å². The fourth-order valence-electron chi connectivity index (χ4n) is 1.43. The van der Waals surface area contributed by atoms with Crippen LogP contribution >= 0.6 is 11.3 Å². The van der Waals surface area contributed by atoms with E-state index in [-0.39, 0.29) is 10.8 Å². The van der Waals surface area contributed by atoms with Crippen LogP contribution in [-0.2, 0) is 4.74 Å². The maximum atomic E-state index is 12.0. The molecule has 1 aromatic heterocycles. The second-order valence-corrected chi connectivity index (χ2v) is 4.53. The topological polar surface area (TPSA) is 92.1 Å². The lowest BCUT2D eigenvalue weighted by molar-refractivity contribution is 0.0595. The normalized spacial score (nSPS) is 9.60. The van der Waals surface area contributed by atoms with Gasteiger partial charge in [0.25, 0.3) is 5.91 Å². The summed E-state index contributed by atoms with van der Waals surface area (Å²) >= 11 is 1.12. The van der Waals surface area contributed by atoms with Crippen LogP contribution in [0.2, 0.25) is 0 Å². The molecule has 2 aromatic rings. The van der Waals surface area contributed by atoms with Crippen molar-refractivity contribution in [2.24, 2.45) is 0 Å². The average molecular weight is 287 g/mol. The van der Waals surface area contributed by atoms with Crippen LogP contribution in [0.3, 0.4) is 0 Å². The molecule has 1 heterocycles. The number of nitriles is 1.